The average Bonchev–Trinajstić information content (AvgIpc) is 2.96. The molecule has 3 saturated carbocycles. The minimum absolute atomic E-state index is 0.0156. The number of ketones is 2. The fraction of sp³-hybridized carbons (Fsp3) is 0.800. The third-order valence-corrected chi connectivity index (χ3v) is 11.4. The quantitative estimate of drug-likeness (QED) is 0.285. The molecule has 0 aliphatic heterocycles. The van der Waals surface area contributed by atoms with Crippen molar-refractivity contribution in [3.05, 3.63) is 23.8 Å². The van der Waals surface area contributed by atoms with Crippen molar-refractivity contribution in [1.29, 1.82) is 0 Å². The van der Waals surface area contributed by atoms with Crippen molar-refractivity contribution in [1.82, 2.24) is 0 Å². The molecule has 0 bridgehead atoms. The predicted octanol–water partition coefficient (Wildman–Crippen LogP) is 2.72. The van der Waals surface area contributed by atoms with Crippen LogP contribution in [0.2, 0.25) is 0 Å². The zero-order valence-corrected chi connectivity index (χ0v) is 23.6. The van der Waals surface area contributed by atoms with Crippen LogP contribution in [0.4, 0.5) is 0 Å². The number of hydrogen-bond donors (Lipinski definition) is 5. The molecule has 0 spiro atoms. The van der Waals surface area contributed by atoms with Crippen LogP contribution in [0, 0.1) is 39.4 Å². The number of hydrogen-bond acceptors (Lipinski definition) is 7. The van der Waals surface area contributed by atoms with E-state index >= 15 is 0 Å². The van der Waals surface area contributed by atoms with E-state index in [9.17, 15) is 35.1 Å². The Morgan fingerprint density at radius 2 is 1.59 bits per heavy atom. The summed E-state index contributed by atoms with van der Waals surface area (Å²) in [6.07, 6.45) is 3.10. The maximum Gasteiger partial charge on any atom is 0.187 e. The summed E-state index contributed by atoms with van der Waals surface area (Å²) in [5.41, 5.74) is -5.07. The first-order valence-electron chi connectivity index (χ1n) is 13.6. The molecule has 0 aromatic rings. The van der Waals surface area contributed by atoms with Crippen LogP contribution >= 0.6 is 0 Å². The van der Waals surface area contributed by atoms with Gasteiger partial charge in [-0.05, 0) is 68.8 Å². The van der Waals surface area contributed by atoms with Gasteiger partial charge in [-0.15, -0.1) is 0 Å². The van der Waals surface area contributed by atoms with Gasteiger partial charge in [0, 0.05) is 23.2 Å². The van der Waals surface area contributed by atoms with Gasteiger partial charge in [-0.2, -0.15) is 0 Å². The van der Waals surface area contributed by atoms with E-state index in [0.29, 0.717) is 19.3 Å². The van der Waals surface area contributed by atoms with Gasteiger partial charge in [-0.1, -0.05) is 52.3 Å². The first-order chi connectivity index (χ1) is 16.7. The third kappa shape index (κ3) is 3.79. The van der Waals surface area contributed by atoms with Crippen LogP contribution in [0.3, 0.4) is 0 Å². The Kier molecular flexibility index (Phi) is 6.43. The third-order valence-electron chi connectivity index (χ3n) is 11.4. The summed E-state index contributed by atoms with van der Waals surface area (Å²) in [7, 11) is 0. The summed E-state index contributed by atoms with van der Waals surface area (Å²) in [5.74, 6) is -1.88. The largest absolute Gasteiger partial charge is 0.393 e. The van der Waals surface area contributed by atoms with Gasteiger partial charge in [0.1, 0.15) is 11.4 Å². The van der Waals surface area contributed by atoms with Crippen LogP contribution in [0.15, 0.2) is 23.8 Å². The number of Topliss-reactive ketones (excluding diaryl/α,β-unsaturated/α-hetero) is 1. The van der Waals surface area contributed by atoms with Gasteiger partial charge in [0.05, 0.1) is 23.9 Å². The SMILES string of the molecule is CC(C)(O)/C=C/C(=O)C(C)(O)[C@H]1[C@H](O)C[C@@]2(C)[C@@H]3CC=C4[C@@H](C[C@@H](O)[C@@H](O)C4(C)C)[C@]3(C)C(=O)C[C@]12C. The second-order valence-corrected chi connectivity index (χ2v) is 14.4. The molecule has 0 saturated heterocycles. The van der Waals surface area contributed by atoms with Crippen molar-refractivity contribution < 1.29 is 35.1 Å². The van der Waals surface area contributed by atoms with Crippen LogP contribution in [-0.4, -0.2) is 66.6 Å². The van der Waals surface area contributed by atoms with Crippen molar-refractivity contribution in [2.24, 2.45) is 39.4 Å². The molecule has 4 rings (SSSR count). The molecule has 7 nitrogen and oxygen atoms in total. The molecule has 4 aliphatic carbocycles. The van der Waals surface area contributed by atoms with E-state index in [0.717, 1.165) is 5.57 Å². The monoisotopic (exact) mass is 518 g/mol. The topological polar surface area (TPSA) is 135 Å². The number of fused-ring (bicyclic) bond motifs is 5. The van der Waals surface area contributed by atoms with Crippen molar-refractivity contribution in [2.45, 2.75) is 111 Å². The molecule has 208 valence electrons. The lowest BCUT2D eigenvalue weighted by atomic mass is 9.38. The summed E-state index contributed by atoms with van der Waals surface area (Å²) in [4.78, 5) is 27.4. The highest BCUT2D eigenvalue weighted by Crippen LogP contribution is 2.74. The van der Waals surface area contributed by atoms with Crippen molar-refractivity contribution >= 4 is 11.6 Å². The maximum atomic E-state index is 14.2. The molecule has 0 heterocycles. The van der Waals surface area contributed by atoms with Gasteiger partial charge < -0.3 is 25.5 Å². The number of allylic oxidation sites excluding steroid dienone is 1. The highest BCUT2D eigenvalue weighted by Gasteiger charge is 2.74. The molecule has 3 fully saturated rings. The smallest absolute Gasteiger partial charge is 0.187 e. The number of carbonyl (C=O) groups is 2. The first-order valence-corrected chi connectivity index (χ1v) is 13.6. The lowest BCUT2D eigenvalue weighted by Crippen LogP contribution is -2.65. The highest BCUT2D eigenvalue weighted by molar-refractivity contribution is 5.97. The Hall–Kier alpha value is -1.38. The molecular formula is C30H46O7. The molecule has 0 amide bonds. The molecule has 7 heteroatoms. The van der Waals surface area contributed by atoms with Gasteiger partial charge in [0.2, 0.25) is 0 Å². The van der Waals surface area contributed by atoms with Gasteiger partial charge in [0.25, 0.3) is 0 Å². The molecule has 1 unspecified atom stereocenters. The van der Waals surface area contributed by atoms with E-state index in [-0.39, 0.29) is 24.0 Å². The molecule has 0 aromatic carbocycles. The minimum Gasteiger partial charge on any atom is -0.393 e. The summed E-state index contributed by atoms with van der Waals surface area (Å²) >= 11 is 0. The standard InChI is InChI=1S/C30H46O7/c1-25(2,36)12-11-21(33)30(8,37)23-19(32)14-27(5)20-10-9-16-17(13-18(31)24(35)26(16,3)4)29(20,7)22(34)15-28(23,27)6/h9,11-12,17-20,23-24,31-32,35-37H,10,13-15H2,1-8H3/b12-11+/t17-,18-,19-,20+,23+,24-,27+,28-,29+,30?/m1/s1. The molecule has 37 heavy (non-hydrogen) atoms. The van der Waals surface area contributed by atoms with Crippen LogP contribution < -0.4 is 0 Å². The number of rotatable bonds is 4. The predicted molar refractivity (Wildman–Crippen MR) is 139 cm³/mol. The van der Waals surface area contributed by atoms with Crippen molar-refractivity contribution in [2.75, 3.05) is 0 Å². The summed E-state index contributed by atoms with van der Waals surface area (Å²) in [6, 6.07) is 0. The van der Waals surface area contributed by atoms with E-state index in [4.69, 9.17) is 0 Å². The molecule has 0 aromatic heterocycles. The van der Waals surface area contributed by atoms with Gasteiger partial charge in [-0.3, -0.25) is 9.59 Å². The van der Waals surface area contributed by atoms with E-state index < -0.39 is 62.9 Å². The summed E-state index contributed by atoms with van der Waals surface area (Å²) in [6.45, 7) is 14.3. The molecule has 4 aliphatic rings. The lowest BCUT2D eigenvalue weighted by Gasteiger charge is -2.65. The van der Waals surface area contributed by atoms with Crippen LogP contribution in [0.5, 0.6) is 0 Å². The summed E-state index contributed by atoms with van der Waals surface area (Å²) in [5, 5.41) is 54.6. The van der Waals surface area contributed by atoms with E-state index in [1.165, 1.54) is 32.9 Å². The average molecular weight is 519 g/mol. The fourth-order valence-corrected chi connectivity index (χ4v) is 9.15. The van der Waals surface area contributed by atoms with E-state index in [2.05, 4.69) is 13.0 Å². The normalized spacial score (nSPS) is 47.1. The fourth-order valence-electron chi connectivity index (χ4n) is 9.15. The Balaban J connectivity index is 1.79. The van der Waals surface area contributed by atoms with Crippen molar-refractivity contribution in [3.63, 3.8) is 0 Å². The Morgan fingerprint density at radius 3 is 2.16 bits per heavy atom. The highest BCUT2D eigenvalue weighted by atomic mass is 16.3. The summed E-state index contributed by atoms with van der Waals surface area (Å²) < 4.78 is 0. The minimum atomic E-state index is -1.94. The Bertz CT molecular complexity index is 1050. The Labute approximate surface area is 220 Å². The van der Waals surface area contributed by atoms with Crippen LogP contribution in [-0.2, 0) is 9.59 Å². The van der Waals surface area contributed by atoms with Gasteiger partial charge in [-0.25, -0.2) is 0 Å². The van der Waals surface area contributed by atoms with E-state index in [1.54, 1.807) is 0 Å². The zero-order valence-electron chi connectivity index (χ0n) is 23.6. The van der Waals surface area contributed by atoms with Crippen molar-refractivity contribution in [3.8, 4) is 0 Å². The first kappa shape index (κ1) is 28.6. The van der Waals surface area contributed by atoms with Gasteiger partial charge in [0.15, 0.2) is 5.78 Å². The van der Waals surface area contributed by atoms with Crippen LogP contribution in [0.25, 0.3) is 0 Å². The van der Waals surface area contributed by atoms with E-state index in [1.807, 2.05) is 27.7 Å². The molecular weight excluding hydrogens is 472 g/mol. The van der Waals surface area contributed by atoms with Crippen LogP contribution in [0.1, 0.15) is 81.1 Å². The van der Waals surface area contributed by atoms with Gasteiger partial charge >= 0.3 is 0 Å². The second-order valence-electron chi connectivity index (χ2n) is 14.4. The number of aliphatic hydroxyl groups excluding tert-OH is 3. The number of carbonyl (C=O) groups excluding carboxylic acids is 2. The Morgan fingerprint density at radius 1 is 1.00 bits per heavy atom. The molecule has 5 N–H and O–H groups in total. The number of aliphatic hydroxyl groups is 5. The molecule has 0 radical (unpaired) electrons. The lowest BCUT2D eigenvalue weighted by molar-refractivity contribution is -0.186. The second kappa shape index (κ2) is 8.31. The zero-order chi connectivity index (χ0) is 28.1. The maximum absolute atomic E-state index is 14.2. The molecule has 10 atom stereocenters.